The molecule has 1 aromatic rings. The number of esters is 1. The van der Waals surface area contributed by atoms with Crippen molar-refractivity contribution in [2.24, 2.45) is 11.3 Å². The largest absolute Gasteiger partial charge is 0.468 e. The maximum Gasteiger partial charge on any atom is 0.325 e. The van der Waals surface area contributed by atoms with Crippen LogP contribution in [0.25, 0.3) is 0 Å². The minimum Gasteiger partial charge on any atom is -0.468 e. The molecule has 0 aliphatic carbocycles. The van der Waals surface area contributed by atoms with Crippen molar-refractivity contribution in [3.63, 3.8) is 0 Å². The van der Waals surface area contributed by atoms with Gasteiger partial charge in [0, 0.05) is 11.1 Å². The van der Waals surface area contributed by atoms with Crippen molar-refractivity contribution in [2.45, 2.75) is 27.7 Å². The topological polar surface area (TPSA) is 72.5 Å². The second-order valence-electron chi connectivity index (χ2n) is 5.93. The van der Waals surface area contributed by atoms with Crippen LogP contribution in [0.3, 0.4) is 0 Å². The van der Waals surface area contributed by atoms with E-state index in [-0.39, 0.29) is 0 Å². The molecule has 5 nitrogen and oxygen atoms in total. The molecule has 0 fully saturated rings. The molecule has 0 spiro atoms. The van der Waals surface area contributed by atoms with E-state index in [1.165, 1.54) is 0 Å². The first kappa shape index (κ1) is 16.9. The standard InChI is InChI=1S/C16H21NO4/c1-10-6-8-11(9-7-10)17-14(19)12(15(20)21-5)13(18)16(2,3)4/h6-9,12H,1-5H3,(H,17,19). The van der Waals surface area contributed by atoms with Gasteiger partial charge in [-0.05, 0) is 19.1 Å². The summed E-state index contributed by atoms with van der Waals surface area (Å²) < 4.78 is 4.59. The lowest BCUT2D eigenvalue weighted by Crippen LogP contribution is -2.42. The molecule has 1 amide bonds. The monoisotopic (exact) mass is 291 g/mol. The van der Waals surface area contributed by atoms with Crippen LogP contribution >= 0.6 is 0 Å². The van der Waals surface area contributed by atoms with Gasteiger partial charge < -0.3 is 10.1 Å². The van der Waals surface area contributed by atoms with Crippen LogP contribution in [-0.2, 0) is 19.1 Å². The summed E-state index contributed by atoms with van der Waals surface area (Å²) in [5, 5.41) is 2.58. The van der Waals surface area contributed by atoms with Crippen LogP contribution in [0, 0.1) is 18.3 Å². The quantitative estimate of drug-likeness (QED) is 0.682. The molecule has 21 heavy (non-hydrogen) atoms. The van der Waals surface area contributed by atoms with E-state index in [0.29, 0.717) is 5.69 Å². The Kier molecular flexibility index (Phi) is 5.24. The maximum absolute atomic E-state index is 12.3. The lowest BCUT2D eigenvalue weighted by Gasteiger charge is -2.22. The Morgan fingerprint density at radius 1 is 1.10 bits per heavy atom. The molecule has 1 rings (SSSR count). The number of hydrogen-bond donors (Lipinski definition) is 1. The van der Waals surface area contributed by atoms with Gasteiger partial charge >= 0.3 is 5.97 Å². The molecule has 0 saturated heterocycles. The number of benzene rings is 1. The third-order valence-corrected chi connectivity index (χ3v) is 3.02. The Balaban J connectivity index is 2.98. The van der Waals surface area contributed by atoms with E-state index in [9.17, 15) is 14.4 Å². The number of carbonyl (C=O) groups is 3. The van der Waals surface area contributed by atoms with Gasteiger partial charge in [-0.2, -0.15) is 0 Å². The summed E-state index contributed by atoms with van der Waals surface area (Å²) in [6, 6.07) is 7.08. The Bertz CT molecular complexity index is 540. The van der Waals surface area contributed by atoms with E-state index in [1.54, 1.807) is 32.9 Å². The molecule has 0 radical (unpaired) electrons. The number of hydrogen-bond acceptors (Lipinski definition) is 4. The van der Waals surface area contributed by atoms with E-state index < -0.39 is 29.0 Å². The summed E-state index contributed by atoms with van der Waals surface area (Å²) in [4.78, 5) is 36.3. The first-order chi connectivity index (χ1) is 9.66. The highest BCUT2D eigenvalue weighted by Gasteiger charge is 2.40. The van der Waals surface area contributed by atoms with Crippen molar-refractivity contribution in [3.05, 3.63) is 29.8 Å². The Morgan fingerprint density at radius 2 is 1.62 bits per heavy atom. The minimum absolute atomic E-state index is 0.473. The molecule has 0 heterocycles. The smallest absolute Gasteiger partial charge is 0.325 e. The van der Waals surface area contributed by atoms with Crippen LogP contribution in [-0.4, -0.2) is 24.8 Å². The zero-order valence-corrected chi connectivity index (χ0v) is 13.0. The molecule has 1 N–H and O–H groups in total. The first-order valence-electron chi connectivity index (χ1n) is 6.66. The normalized spacial score (nSPS) is 12.4. The number of methoxy groups -OCH3 is 1. The van der Waals surface area contributed by atoms with E-state index in [0.717, 1.165) is 12.7 Å². The first-order valence-corrected chi connectivity index (χ1v) is 6.66. The molecular formula is C16H21NO4. The third-order valence-electron chi connectivity index (χ3n) is 3.02. The summed E-state index contributed by atoms with van der Waals surface area (Å²) in [7, 11) is 1.16. The highest BCUT2D eigenvalue weighted by Crippen LogP contribution is 2.22. The van der Waals surface area contributed by atoms with E-state index in [2.05, 4.69) is 10.1 Å². The molecule has 1 atom stereocenters. The van der Waals surface area contributed by atoms with Gasteiger partial charge in [0.05, 0.1) is 7.11 Å². The van der Waals surface area contributed by atoms with E-state index in [4.69, 9.17) is 0 Å². The lowest BCUT2D eigenvalue weighted by molar-refractivity contribution is -0.154. The fourth-order valence-corrected chi connectivity index (χ4v) is 1.74. The van der Waals surface area contributed by atoms with Gasteiger partial charge in [0.15, 0.2) is 11.7 Å². The number of carbonyl (C=O) groups excluding carboxylic acids is 3. The Hall–Kier alpha value is -2.17. The molecule has 114 valence electrons. The van der Waals surface area contributed by atoms with Gasteiger partial charge in [-0.1, -0.05) is 38.5 Å². The van der Waals surface area contributed by atoms with Crippen LogP contribution < -0.4 is 5.32 Å². The summed E-state index contributed by atoms with van der Waals surface area (Å²) in [6.07, 6.45) is 0. The van der Waals surface area contributed by atoms with Crippen molar-refractivity contribution >= 4 is 23.3 Å². The van der Waals surface area contributed by atoms with E-state index >= 15 is 0 Å². The number of Topliss-reactive ketones (excluding diaryl/α,β-unsaturated/α-hetero) is 1. The number of anilines is 1. The van der Waals surface area contributed by atoms with Gasteiger partial charge in [-0.15, -0.1) is 0 Å². The number of nitrogens with one attached hydrogen (secondary N) is 1. The van der Waals surface area contributed by atoms with Crippen LogP contribution in [0.1, 0.15) is 26.3 Å². The summed E-state index contributed by atoms with van der Waals surface area (Å²) >= 11 is 0. The number of amides is 1. The lowest BCUT2D eigenvalue weighted by atomic mass is 9.82. The van der Waals surface area contributed by atoms with Gasteiger partial charge in [-0.25, -0.2) is 0 Å². The predicted molar refractivity (Wildman–Crippen MR) is 79.8 cm³/mol. The third kappa shape index (κ3) is 4.41. The molecule has 1 unspecified atom stereocenters. The van der Waals surface area contributed by atoms with Crippen molar-refractivity contribution in [2.75, 3.05) is 12.4 Å². The molecular weight excluding hydrogens is 270 g/mol. The van der Waals surface area contributed by atoms with Gasteiger partial charge in [0.2, 0.25) is 5.91 Å². The second-order valence-corrected chi connectivity index (χ2v) is 5.93. The van der Waals surface area contributed by atoms with Crippen molar-refractivity contribution in [1.29, 1.82) is 0 Å². The number of ketones is 1. The second kappa shape index (κ2) is 6.52. The number of rotatable bonds is 4. The van der Waals surface area contributed by atoms with E-state index in [1.807, 2.05) is 19.1 Å². The number of ether oxygens (including phenoxy) is 1. The van der Waals surface area contributed by atoms with Crippen LogP contribution in [0.5, 0.6) is 0 Å². The zero-order valence-electron chi connectivity index (χ0n) is 13.0. The molecule has 0 aromatic heterocycles. The average molecular weight is 291 g/mol. The highest BCUT2D eigenvalue weighted by atomic mass is 16.5. The maximum atomic E-state index is 12.3. The highest BCUT2D eigenvalue weighted by molar-refractivity contribution is 6.21. The van der Waals surface area contributed by atoms with Gasteiger partial charge in [-0.3, -0.25) is 14.4 Å². The van der Waals surface area contributed by atoms with Crippen molar-refractivity contribution in [1.82, 2.24) is 0 Å². The number of aryl methyl sites for hydroxylation is 1. The van der Waals surface area contributed by atoms with Crippen molar-refractivity contribution in [3.8, 4) is 0 Å². The fourth-order valence-electron chi connectivity index (χ4n) is 1.74. The minimum atomic E-state index is -1.46. The van der Waals surface area contributed by atoms with Gasteiger partial charge in [0.1, 0.15) is 0 Å². The Labute approximate surface area is 124 Å². The Morgan fingerprint density at radius 3 is 2.05 bits per heavy atom. The molecule has 1 aromatic carbocycles. The molecule has 0 saturated carbocycles. The molecule has 0 aliphatic heterocycles. The van der Waals surface area contributed by atoms with Crippen LogP contribution in [0.4, 0.5) is 5.69 Å². The summed E-state index contributed by atoms with van der Waals surface area (Å²) in [6.45, 7) is 6.89. The van der Waals surface area contributed by atoms with Crippen molar-refractivity contribution < 1.29 is 19.1 Å². The average Bonchev–Trinajstić information content (AvgIpc) is 2.40. The summed E-state index contributed by atoms with van der Waals surface area (Å²) in [5.74, 6) is -3.46. The van der Waals surface area contributed by atoms with Crippen LogP contribution in [0.15, 0.2) is 24.3 Å². The molecule has 5 heteroatoms. The SMILES string of the molecule is COC(=O)C(C(=O)Nc1ccc(C)cc1)C(=O)C(C)(C)C. The molecule has 0 bridgehead atoms. The zero-order chi connectivity index (χ0) is 16.2. The fraction of sp³-hybridized carbons (Fsp3) is 0.438. The van der Waals surface area contributed by atoms with Crippen LogP contribution in [0.2, 0.25) is 0 Å². The summed E-state index contributed by atoms with van der Waals surface area (Å²) in [5.41, 5.74) is 0.758. The van der Waals surface area contributed by atoms with Gasteiger partial charge in [0.25, 0.3) is 0 Å². The predicted octanol–water partition coefficient (Wildman–Crippen LogP) is 2.34. The molecule has 0 aliphatic rings.